The van der Waals surface area contributed by atoms with Crippen molar-refractivity contribution in [1.82, 2.24) is 5.32 Å². The molecule has 0 radical (unpaired) electrons. The van der Waals surface area contributed by atoms with E-state index < -0.39 is 30.4 Å². The monoisotopic (exact) mass is 190 g/mol. The van der Waals surface area contributed by atoms with Gasteiger partial charge in [0.2, 0.25) is 5.91 Å². The first-order valence-corrected chi connectivity index (χ1v) is 3.86. The Morgan fingerprint density at radius 2 is 2.08 bits per heavy atom. The highest BCUT2D eigenvalue weighted by Crippen LogP contribution is 1.89. The Balaban J connectivity index is 3.89. The maximum Gasteiger partial charge on any atom is 0.305 e. The van der Waals surface area contributed by atoms with E-state index in [1.54, 1.807) is 6.92 Å². The molecular weight excluding hydrogens is 176 g/mol. The lowest BCUT2D eigenvalue weighted by atomic mass is 10.2. The number of carboxylic acid groups (broad SMARTS) is 1. The number of hydrogen-bond donors (Lipinski definition) is 4. The Morgan fingerprint density at radius 3 is 2.46 bits per heavy atom. The molecule has 0 aromatic rings. The average molecular weight is 190 g/mol. The zero-order valence-electron chi connectivity index (χ0n) is 7.36. The van der Waals surface area contributed by atoms with Crippen LogP contribution in [0.15, 0.2) is 0 Å². The number of carbonyl (C=O) groups is 2. The zero-order chi connectivity index (χ0) is 10.4. The van der Waals surface area contributed by atoms with Crippen molar-refractivity contribution < 1.29 is 19.8 Å². The predicted octanol–water partition coefficient (Wildman–Crippen LogP) is -1.71. The van der Waals surface area contributed by atoms with Crippen molar-refractivity contribution in [3.8, 4) is 0 Å². The molecule has 0 rings (SSSR count). The van der Waals surface area contributed by atoms with E-state index in [-0.39, 0.29) is 6.61 Å². The smallest absolute Gasteiger partial charge is 0.305 e. The highest BCUT2D eigenvalue weighted by molar-refractivity contribution is 5.86. The molecule has 0 aliphatic carbocycles. The van der Waals surface area contributed by atoms with Gasteiger partial charge in [0.1, 0.15) is 0 Å². The maximum atomic E-state index is 11.0. The first-order valence-electron chi connectivity index (χ1n) is 3.86. The van der Waals surface area contributed by atoms with Crippen LogP contribution in [0, 0.1) is 0 Å². The Kier molecular flexibility index (Phi) is 5.01. The Morgan fingerprint density at radius 1 is 1.54 bits per heavy atom. The number of carboxylic acids is 1. The van der Waals surface area contributed by atoms with Crippen molar-refractivity contribution in [3.05, 3.63) is 0 Å². The van der Waals surface area contributed by atoms with Crippen molar-refractivity contribution in [2.45, 2.75) is 25.4 Å². The second-order valence-corrected chi connectivity index (χ2v) is 2.80. The quantitative estimate of drug-likeness (QED) is 0.412. The van der Waals surface area contributed by atoms with Gasteiger partial charge in [-0.3, -0.25) is 9.59 Å². The molecule has 0 aliphatic heterocycles. The lowest BCUT2D eigenvalue weighted by Gasteiger charge is -2.14. The summed E-state index contributed by atoms with van der Waals surface area (Å²) in [6.07, 6.45) is -0.413. The van der Waals surface area contributed by atoms with Gasteiger partial charge in [-0.15, -0.1) is 0 Å². The van der Waals surface area contributed by atoms with Crippen molar-refractivity contribution in [2.75, 3.05) is 6.61 Å². The van der Waals surface area contributed by atoms with Crippen LogP contribution in [0.2, 0.25) is 0 Å². The van der Waals surface area contributed by atoms with Gasteiger partial charge >= 0.3 is 5.97 Å². The van der Waals surface area contributed by atoms with Gasteiger partial charge in [0.05, 0.1) is 19.1 Å². The van der Waals surface area contributed by atoms with E-state index in [2.05, 4.69) is 5.32 Å². The standard InChI is InChI=1S/C7H14N2O4/c1-4(3-10)9-7(13)5(8)2-6(11)12/h4-5,10H,2-3,8H2,1H3,(H,9,13)(H,11,12)/t4-,5?/m0/s1. The van der Waals surface area contributed by atoms with E-state index in [0.717, 1.165) is 0 Å². The zero-order valence-corrected chi connectivity index (χ0v) is 7.36. The maximum absolute atomic E-state index is 11.0. The molecule has 0 aliphatic rings. The van der Waals surface area contributed by atoms with Crippen LogP contribution in [0.4, 0.5) is 0 Å². The summed E-state index contributed by atoms with van der Waals surface area (Å²) in [7, 11) is 0. The summed E-state index contributed by atoms with van der Waals surface area (Å²) >= 11 is 0. The molecule has 76 valence electrons. The molecule has 1 unspecified atom stereocenters. The topological polar surface area (TPSA) is 113 Å². The van der Waals surface area contributed by atoms with E-state index in [4.69, 9.17) is 15.9 Å². The van der Waals surface area contributed by atoms with Gasteiger partial charge < -0.3 is 21.3 Å². The Bertz CT molecular complexity index is 195. The molecule has 0 aromatic heterocycles. The van der Waals surface area contributed by atoms with Crippen LogP contribution in [-0.4, -0.2) is 40.8 Å². The number of aliphatic hydroxyl groups is 1. The number of aliphatic carboxylic acids is 1. The third-order valence-corrected chi connectivity index (χ3v) is 1.39. The van der Waals surface area contributed by atoms with Crippen LogP contribution in [0.3, 0.4) is 0 Å². The van der Waals surface area contributed by atoms with Crippen LogP contribution in [0.1, 0.15) is 13.3 Å². The highest BCUT2D eigenvalue weighted by Gasteiger charge is 2.17. The van der Waals surface area contributed by atoms with E-state index >= 15 is 0 Å². The summed E-state index contributed by atoms with van der Waals surface area (Å²) in [5.74, 6) is -1.69. The number of amides is 1. The molecule has 2 atom stereocenters. The summed E-state index contributed by atoms with van der Waals surface area (Å²) in [6, 6.07) is -1.47. The second-order valence-electron chi connectivity index (χ2n) is 2.80. The molecular formula is C7H14N2O4. The van der Waals surface area contributed by atoms with Gasteiger partial charge in [-0.05, 0) is 6.92 Å². The van der Waals surface area contributed by atoms with Crippen LogP contribution in [-0.2, 0) is 9.59 Å². The number of hydrogen-bond acceptors (Lipinski definition) is 4. The fourth-order valence-electron chi connectivity index (χ4n) is 0.676. The van der Waals surface area contributed by atoms with Gasteiger partial charge in [-0.1, -0.05) is 0 Å². The lowest BCUT2D eigenvalue weighted by molar-refractivity contribution is -0.139. The molecule has 0 saturated heterocycles. The number of aliphatic hydroxyl groups excluding tert-OH is 1. The van der Waals surface area contributed by atoms with E-state index in [0.29, 0.717) is 0 Å². The first-order chi connectivity index (χ1) is 5.97. The minimum atomic E-state index is -1.13. The number of carbonyl (C=O) groups excluding carboxylic acids is 1. The van der Waals surface area contributed by atoms with E-state index in [9.17, 15) is 9.59 Å². The Labute approximate surface area is 75.7 Å². The van der Waals surface area contributed by atoms with E-state index in [1.807, 2.05) is 0 Å². The van der Waals surface area contributed by atoms with Crippen molar-refractivity contribution in [3.63, 3.8) is 0 Å². The molecule has 0 saturated carbocycles. The molecule has 13 heavy (non-hydrogen) atoms. The third-order valence-electron chi connectivity index (χ3n) is 1.39. The van der Waals surface area contributed by atoms with Gasteiger partial charge in [-0.2, -0.15) is 0 Å². The van der Waals surface area contributed by atoms with Crippen molar-refractivity contribution in [2.24, 2.45) is 5.73 Å². The molecule has 6 nitrogen and oxygen atoms in total. The summed E-state index contributed by atoms with van der Waals surface area (Å²) < 4.78 is 0. The van der Waals surface area contributed by atoms with Gasteiger partial charge in [0.25, 0.3) is 0 Å². The fraction of sp³-hybridized carbons (Fsp3) is 0.714. The van der Waals surface area contributed by atoms with Gasteiger partial charge in [0.15, 0.2) is 0 Å². The second kappa shape index (κ2) is 5.50. The largest absolute Gasteiger partial charge is 0.481 e. The summed E-state index contributed by atoms with van der Waals surface area (Å²) in [5, 5.41) is 19.2. The van der Waals surface area contributed by atoms with Gasteiger partial charge in [-0.25, -0.2) is 0 Å². The average Bonchev–Trinajstić information content (AvgIpc) is 2.02. The molecule has 0 aromatic carbocycles. The molecule has 0 fully saturated rings. The van der Waals surface area contributed by atoms with E-state index in [1.165, 1.54) is 0 Å². The minimum absolute atomic E-state index is 0.203. The molecule has 0 heterocycles. The first kappa shape index (κ1) is 11.9. The number of nitrogens with one attached hydrogen (secondary N) is 1. The van der Waals surface area contributed by atoms with Crippen LogP contribution < -0.4 is 11.1 Å². The molecule has 5 N–H and O–H groups in total. The summed E-state index contributed by atoms with van der Waals surface area (Å²) in [4.78, 5) is 21.2. The normalized spacial score (nSPS) is 14.7. The SMILES string of the molecule is C[C@@H](CO)NC(=O)C(N)CC(=O)O. The van der Waals surface area contributed by atoms with Crippen LogP contribution >= 0.6 is 0 Å². The summed E-state index contributed by atoms with van der Waals surface area (Å²) in [6.45, 7) is 1.39. The molecule has 6 heteroatoms. The Hall–Kier alpha value is -1.14. The van der Waals surface area contributed by atoms with Gasteiger partial charge in [0, 0.05) is 6.04 Å². The molecule has 0 spiro atoms. The number of nitrogens with two attached hydrogens (primary N) is 1. The molecule has 1 amide bonds. The van der Waals surface area contributed by atoms with Crippen molar-refractivity contribution in [1.29, 1.82) is 0 Å². The van der Waals surface area contributed by atoms with Crippen molar-refractivity contribution >= 4 is 11.9 Å². The third kappa shape index (κ3) is 5.15. The minimum Gasteiger partial charge on any atom is -0.481 e. The molecule has 0 bridgehead atoms. The van der Waals surface area contributed by atoms with Crippen LogP contribution in [0.25, 0.3) is 0 Å². The number of rotatable bonds is 5. The lowest BCUT2D eigenvalue weighted by Crippen LogP contribution is -2.46. The fourth-order valence-corrected chi connectivity index (χ4v) is 0.676. The highest BCUT2D eigenvalue weighted by atomic mass is 16.4. The van der Waals surface area contributed by atoms with Crippen LogP contribution in [0.5, 0.6) is 0 Å². The predicted molar refractivity (Wildman–Crippen MR) is 44.9 cm³/mol. The summed E-state index contributed by atoms with van der Waals surface area (Å²) in [5.41, 5.74) is 5.25.